The van der Waals surface area contributed by atoms with Gasteiger partial charge < -0.3 is 9.80 Å². The van der Waals surface area contributed by atoms with E-state index in [4.69, 9.17) is 0 Å². The molecule has 2 rings (SSSR count). The first kappa shape index (κ1) is 17.3. The molecule has 0 aliphatic carbocycles. The van der Waals surface area contributed by atoms with Crippen molar-refractivity contribution in [3.05, 3.63) is 34.9 Å². The van der Waals surface area contributed by atoms with Gasteiger partial charge in [-0.3, -0.25) is 9.59 Å². The summed E-state index contributed by atoms with van der Waals surface area (Å²) in [5.41, 5.74) is 0.285. The molecular formula is C16H19F3N2O2. The zero-order valence-corrected chi connectivity index (χ0v) is 13.4. The van der Waals surface area contributed by atoms with E-state index in [1.54, 1.807) is 27.8 Å². The zero-order chi connectivity index (χ0) is 17.5. The van der Waals surface area contributed by atoms with Gasteiger partial charge in [-0.15, -0.1) is 0 Å². The second kappa shape index (κ2) is 5.86. The third kappa shape index (κ3) is 3.18. The van der Waals surface area contributed by atoms with E-state index in [0.717, 1.165) is 12.1 Å². The maximum absolute atomic E-state index is 12.9. The highest BCUT2D eigenvalue weighted by atomic mass is 19.4. The molecule has 1 aliphatic heterocycles. The summed E-state index contributed by atoms with van der Waals surface area (Å²) in [6, 6.07) is 2.13. The predicted octanol–water partition coefficient (Wildman–Crippen LogP) is 2.59. The van der Waals surface area contributed by atoms with Crippen LogP contribution in [-0.2, 0) is 22.3 Å². The summed E-state index contributed by atoms with van der Waals surface area (Å²) in [5, 5.41) is 0. The van der Waals surface area contributed by atoms with Crippen molar-refractivity contribution in [1.29, 1.82) is 0 Å². The molecule has 0 saturated carbocycles. The van der Waals surface area contributed by atoms with E-state index < -0.39 is 23.8 Å². The van der Waals surface area contributed by atoms with Crippen LogP contribution in [0.4, 0.5) is 13.2 Å². The molecule has 1 aromatic carbocycles. The molecule has 1 saturated heterocycles. The van der Waals surface area contributed by atoms with E-state index >= 15 is 0 Å². The summed E-state index contributed by atoms with van der Waals surface area (Å²) in [7, 11) is 1.55. The van der Waals surface area contributed by atoms with Crippen LogP contribution in [0, 0.1) is 6.92 Å². The van der Waals surface area contributed by atoms with E-state index in [9.17, 15) is 22.8 Å². The van der Waals surface area contributed by atoms with E-state index in [1.165, 1.54) is 15.9 Å². The van der Waals surface area contributed by atoms with Crippen molar-refractivity contribution >= 4 is 11.8 Å². The summed E-state index contributed by atoms with van der Waals surface area (Å²) < 4.78 is 38.6. The summed E-state index contributed by atoms with van der Waals surface area (Å²) in [4.78, 5) is 27.3. The Morgan fingerprint density at radius 2 is 1.70 bits per heavy atom. The largest absolute Gasteiger partial charge is 0.416 e. The van der Waals surface area contributed by atoms with Crippen molar-refractivity contribution < 1.29 is 22.8 Å². The highest BCUT2D eigenvalue weighted by Gasteiger charge is 2.40. The Kier molecular flexibility index (Phi) is 4.41. The van der Waals surface area contributed by atoms with Crippen LogP contribution in [0.3, 0.4) is 0 Å². The second-order valence-corrected chi connectivity index (χ2v) is 5.91. The van der Waals surface area contributed by atoms with Gasteiger partial charge in [0.2, 0.25) is 11.8 Å². The van der Waals surface area contributed by atoms with E-state index in [2.05, 4.69) is 0 Å². The van der Waals surface area contributed by atoms with E-state index in [1.807, 2.05) is 0 Å². The van der Waals surface area contributed by atoms with Gasteiger partial charge in [-0.1, -0.05) is 6.07 Å². The quantitative estimate of drug-likeness (QED) is 0.837. The third-order valence-corrected chi connectivity index (χ3v) is 4.41. The van der Waals surface area contributed by atoms with Crippen LogP contribution >= 0.6 is 0 Å². The maximum atomic E-state index is 12.9. The van der Waals surface area contributed by atoms with Crippen molar-refractivity contribution in [2.45, 2.75) is 45.6 Å². The van der Waals surface area contributed by atoms with E-state index in [0.29, 0.717) is 11.1 Å². The molecule has 0 aromatic heterocycles. The van der Waals surface area contributed by atoms with Crippen LogP contribution in [0.5, 0.6) is 0 Å². The van der Waals surface area contributed by atoms with Crippen molar-refractivity contribution in [3.8, 4) is 0 Å². The van der Waals surface area contributed by atoms with Crippen molar-refractivity contribution in [1.82, 2.24) is 9.80 Å². The van der Waals surface area contributed by atoms with Crippen LogP contribution in [0.25, 0.3) is 0 Å². The molecular weight excluding hydrogens is 309 g/mol. The molecule has 0 radical (unpaired) electrons. The number of likely N-dealkylation sites (N-methyl/N-ethyl adjacent to an activating group) is 1. The molecule has 1 heterocycles. The fourth-order valence-electron chi connectivity index (χ4n) is 2.63. The predicted molar refractivity (Wildman–Crippen MR) is 78.4 cm³/mol. The smallest absolute Gasteiger partial charge is 0.332 e. The molecule has 0 spiro atoms. The highest BCUT2D eigenvalue weighted by Crippen LogP contribution is 2.31. The summed E-state index contributed by atoms with van der Waals surface area (Å²) >= 11 is 0. The average molecular weight is 328 g/mol. The molecule has 126 valence electrons. The Labute approximate surface area is 132 Å². The highest BCUT2D eigenvalue weighted by molar-refractivity contribution is 5.96. The number of hydrogen-bond donors (Lipinski definition) is 0. The Balaban J connectivity index is 2.34. The van der Waals surface area contributed by atoms with Gasteiger partial charge in [-0.2, -0.15) is 13.2 Å². The monoisotopic (exact) mass is 328 g/mol. The summed E-state index contributed by atoms with van der Waals surface area (Å²) in [6.45, 7) is 4.87. The first-order valence-electron chi connectivity index (χ1n) is 7.28. The Hall–Kier alpha value is -2.05. The lowest BCUT2D eigenvalue weighted by atomic mass is 10.0. The number of nitrogens with zero attached hydrogens (tertiary/aromatic N) is 2. The van der Waals surface area contributed by atoms with Gasteiger partial charge in [0.25, 0.3) is 0 Å². The van der Waals surface area contributed by atoms with Gasteiger partial charge in [0.05, 0.1) is 5.56 Å². The fraction of sp³-hybridized carbons (Fsp3) is 0.500. The molecule has 2 amide bonds. The summed E-state index contributed by atoms with van der Waals surface area (Å²) in [5.74, 6) is -0.488. The normalized spacial score (nSPS) is 22.7. The molecule has 1 fully saturated rings. The molecule has 0 unspecified atom stereocenters. The van der Waals surface area contributed by atoms with Gasteiger partial charge in [0.1, 0.15) is 12.1 Å². The Morgan fingerprint density at radius 3 is 2.26 bits per heavy atom. The van der Waals surface area contributed by atoms with Gasteiger partial charge in [-0.25, -0.2) is 0 Å². The van der Waals surface area contributed by atoms with Crippen LogP contribution in [-0.4, -0.2) is 40.7 Å². The number of halogens is 3. The zero-order valence-electron chi connectivity index (χ0n) is 13.4. The topological polar surface area (TPSA) is 40.6 Å². The number of amides is 2. The molecule has 0 N–H and O–H groups in total. The van der Waals surface area contributed by atoms with Gasteiger partial charge >= 0.3 is 6.18 Å². The molecule has 4 nitrogen and oxygen atoms in total. The molecule has 1 aliphatic rings. The Bertz CT molecular complexity index is 643. The SMILES string of the molecule is Cc1ccc(C(F)(F)F)cc1CN1C(=O)[C@H](C)N(C)C(=O)[C@@H]1C. The number of hydrogen-bond acceptors (Lipinski definition) is 2. The summed E-state index contributed by atoms with van der Waals surface area (Å²) in [6.07, 6.45) is -4.44. The van der Waals surface area contributed by atoms with Crippen LogP contribution in [0.15, 0.2) is 18.2 Å². The van der Waals surface area contributed by atoms with Crippen molar-refractivity contribution in [3.63, 3.8) is 0 Å². The number of aryl methyl sites for hydroxylation is 1. The number of rotatable bonds is 2. The van der Waals surface area contributed by atoms with Gasteiger partial charge in [0, 0.05) is 13.6 Å². The lowest BCUT2D eigenvalue weighted by Crippen LogP contribution is -2.61. The van der Waals surface area contributed by atoms with Crippen molar-refractivity contribution in [2.75, 3.05) is 7.05 Å². The molecule has 2 atom stereocenters. The number of piperazine rings is 1. The molecule has 1 aromatic rings. The molecule has 7 heteroatoms. The lowest BCUT2D eigenvalue weighted by Gasteiger charge is -2.41. The van der Waals surface area contributed by atoms with E-state index in [-0.39, 0.29) is 18.4 Å². The first-order chi connectivity index (χ1) is 10.5. The van der Waals surface area contributed by atoms with Gasteiger partial charge in [0.15, 0.2) is 0 Å². The third-order valence-electron chi connectivity index (χ3n) is 4.41. The minimum atomic E-state index is -4.44. The average Bonchev–Trinajstić information content (AvgIpc) is 2.48. The second-order valence-electron chi connectivity index (χ2n) is 5.91. The standard InChI is InChI=1S/C16H19F3N2O2/c1-9-5-6-13(16(17,18)19)7-12(9)8-21-11(3)14(22)20(4)10(2)15(21)23/h5-7,10-11H,8H2,1-4H3/t10-,11-/m0/s1. The molecule has 23 heavy (non-hydrogen) atoms. The van der Waals surface area contributed by atoms with Crippen LogP contribution < -0.4 is 0 Å². The van der Waals surface area contributed by atoms with Crippen molar-refractivity contribution in [2.24, 2.45) is 0 Å². The number of carbonyl (C=O) groups is 2. The Morgan fingerprint density at radius 1 is 1.09 bits per heavy atom. The maximum Gasteiger partial charge on any atom is 0.416 e. The molecule has 0 bridgehead atoms. The minimum Gasteiger partial charge on any atom is -0.332 e. The van der Waals surface area contributed by atoms with Crippen LogP contribution in [0.2, 0.25) is 0 Å². The van der Waals surface area contributed by atoms with Gasteiger partial charge in [-0.05, 0) is 44.0 Å². The minimum absolute atomic E-state index is 0.0142. The number of benzene rings is 1. The number of alkyl halides is 3. The lowest BCUT2D eigenvalue weighted by molar-refractivity contribution is -0.159. The van der Waals surface area contributed by atoms with Crippen LogP contribution in [0.1, 0.15) is 30.5 Å². The fourth-order valence-corrected chi connectivity index (χ4v) is 2.63. The first-order valence-corrected chi connectivity index (χ1v) is 7.28. The number of carbonyl (C=O) groups excluding carboxylic acids is 2.